The molecule has 0 aliphatic rings. The molecule has 0 aromatic rings. The van der Waals surface area contributed by atoms with Gasteiger partial charge in [-0.1, -0.05) is 247 Å². The van der Waals surface area contributed by atoms with Gasteiger partial charge in [0.1, 0.15) is 0 Å². The third-order valence-electron chi connectivity index (χ3n) is 13.1. The van der Waals surface area contributed by atoms with Crippen LogP contribution in [0.15, 0.2) is 0 Å². The molecule has 0 atom stereocenters. The first-order valence-corrected chi connectivity index (χ1v) is 30.6. The molecule has 0 aliphatic heterocycles. The third kappa shape index (κ3) is 66.2. The van der Waals surface area contributed by atoms with E-state index in [9.17, 15) is 14.4 Å². The average Bonchev–Trinajstić information content (AvgIpc) is 3.37. The van der Waals surface area contributed by atoms with E-state index in [1.54, 1.807) is 0 Å². The van der Waals surface area contributed by atoms with Gasteiger partial charge in [-0.2, -0.15) is 0 Å². The highest BCUT2D eigenvalue weighted by Gasteiger charge is 2.13. The maximum Gasteiger partial charge on any atom is 0.307 e. The van der Waals surface area contributed by atoms with Crippen LogP contribution >= 0.6 is 0 Å². The maximum absolute atomic E-state index is 12.3. The number of esters is 3. The van der Waals surface area contributed by atoms with Crippen molar-refractivity contribution in [2.24, 2.45) is 0 Å². The summed E-state index contributed by atoms with van der Waals surface area (Å²) in [6.45, 7) is 15.8. The van der Waals surface area contributed by atoms with Crippen molar-refractivity contribution in [3.8, 4) is 0 Å². The second-order valence-corrected chi connectivity index (χ2v) is 20.1. The van der Waals surface area contributed by atoms with Crippen LogP contribution in [0.4, 0.5) is 0 Å². The van der Waals surface area contributed by atoms with E-state index in [1.807, 2.05) is 4.90 Å². The van der Waals surface area contributed by atoms with Crippen LogP contribution in [-0.2, 0) is 38.1 Å². The van der Waals surface area contributed by atoms with Crippen LogP contribution in [0.25, 0.3) is 0 Å². The van der Waals surface area contributed by atoms with Crippen LogP contribution in [-0.4, -0.2) is 113 Å². The number of hydrogen-bond acceptors (Lipinski definition) is 11. The van der Waals surface area contributed by atoms with Gasteiger partial charge in [-0.25, -0.2) is 0 Å². The fraction of sp³-hybridized carbons (Fsp3) is 0.951. The molecule has 0 amide bonds. The topological polar surface area (TPSA) is 133 Å². The lowest BCUT2D eigenvalue weighted by molar-refractivity contribution is -0.145. The van der Waals surface area contributed by atoms with E-state index in [-0.39, 0.29) is 38.5 Å². The summed E-state index contributed by atoms with van der Waals surface area (Å²) in [6.07, 6.45) is 48.8. The molecule has 72 heavy (non-hydrogen) atoms. The lowest BCUT2D eigenvalue weighted by Gasteiger charge is -2.21. The molecular formula is C61H124N2O9. The summed E-state index contributed by atoms with van der Waals surface area (Å²) in [7, 11) is 0. The van der Waals surface area contributed by atoms with Crippen LogP contribution < -0.4 is 5.32 Å². The Hall–Kier alpha value is -1.79. The molecule has 11 nitrogen and oxygen atoms in total. The second kappa shape index (κ2) is 67.2. The molecule has 0 fully saturated rings. The van der Waals surface area contributed by atoms with Crippen molar-refractivity contribution >= 4 is 17.9 Å². The highest BCUT2D eigenvalue weighted by molar-refractivity contribution is 5.70. The summed E-state index contributed by atoms with van der Waals surface area (Å²) < 4.78 is 27.0. The van der Waals surface area contributed by atoms with Gasteiger partial charge in [0.15, 0.2) is 0 Å². The molecule has 0 rings (SSSR count). The third-order valence-corrected chi connectivity index (χ3v) is 13.1. The van der Waals surface area contributed by atoms with Gasteiger partial charge in [0.05, 0.1) is 65.5 Å². The summed E-state index contributed by atoms with van der Waals surface area (Å²) in [5.74, 6) is -0.460. The van der Waals surface area contributed by atoms with E-state index in [4.69, 9.17) is 28.8 Å². The van der Waals surface area contributed by atoms with E-state index < -0.39 is 0 Å². The quantitative estimate of drug-likeness (QED) is 0.0343. The predicted octanol–water partition coefficient (Wildman–Crippen LogP) is 15.8. The molecule has 11 heteroatoms. The van der Waals surface area contributed by atoms with Crippen molar-refractivity contribution in [1.82, 2.24) is 10.2 Å². The number of aliphatic hydroxyl groups is 1. The molecular weight excluding hydrogens is 905 g/mol. The summed E-state index contributed by atoms with van der Waals surface area (Å²) in [5, 5.41) is 12.2. The molecule has 0 aromatic heterocycles. The minimum atomic E-state index is -0.186. The monoisotopic (exact) mass is 1030 g/mol. The molecule has 0 heterocycles. The number of hydrogen-bond donors (Lipinski definition) is 2. The number of aliphatic hydroxyl groups excluding tert-OH is 1. The van der Waals surface area contributed by atoms with Gasteiger partial charge in [0.2, 0.25) is 0 Å². The number of carbonyl (C=O) groups is 3. The van der Waals surface area contributed by atoms with Crippen molar-refractivity contribution in [2.75, 3.05) is 85.6 Å². The lowest BCUT2D eigenvalue weighted by Crippen LogP contribution is -2.33. The Morgan fingerprint density at radius 1 is 0.333 bits per heavy atom. The molecule has 0 unspecified atom stereocenters. The van der Waals surface area contributed by atoms with Crippen LogP contribution in [0.3, 0.4) is 0 Å². The number of nitrogens with zero attached hydrogens (tertiary/aromatic N) is 1. The summed E-state index contributed by atoms with van der Waals surface area (Å²) in [5.41, 5.74) is 0. The number of ether oxygens (including phenoxy) is 5. The Bertz CT molecular complexity index is 1010. The summed E-state index contributed by atoms with van der Waals surface area (Å²) >= 11 is 0. The molecule has 2 N–H and O–H groups in total. The van der Waals surface area contributed by atoms with Gasteiger partial charge in [-0.15, -0.1) is 0 Å². The zero-order valence-corrected chi connectivity index (χ0v) is 47.6. The normalized spacial score (nSPS) is 11.1. The van der Waals surface area contributed by atoms with Crippen molar-refractivity contribution < 1.29 is 43.2 Å². The van der Waals surface area contributed by atoms with E-state index in [0.29, 0.717) is 78.5 Å². The molecule has 0 bridgehead atoms. The Balaban J connectivity index is -0.00000150. The second-order valence-electron chi connectivity index (χ2n) is 20.1. The number of carbonyl (C=O) groups excluding carboxylic acids is 3. The zero-order chi connectivity index (χ0) is 52.0. The molecule has 0 aliphatic carbocycles. The first-order valence-electron chi connectivity index (χ1n) is 30.6. The van der Waals surface area contributed by atoms with E-state index >= 15 is 0 Å². The van der Waals surface area contributed by atoms with Crippen molar-refractivity contribution in [2.45, 2.75) is 292 Å². The van der Waals surface area contributed by atoms with Crippen molar-refractivity contribution in [1.29, 1.82) is 0 Å². The van der Waals surface area contributed by atoms with Gasteiger partial charge in [0.25, 0.3) is 0 Å². The minimum absolute atomic E-state index is 0. The molecule has 0 spiro atoms. The molecule has 0 radical (unpaired) electrons. The van der Waals surface area contributed by atoms with Gasteiger partial charge >= 0.3 is 17.9 Å². The van der Waals surface area contributed by atoms with Gasteiger partial charge in [-0.05, 0) is 25.7 Å². The van der Waals surface area contributed by atoms with Crippen LogP contribution in [0, 0.1) is 0 Å². The highest BCUT2D eigenvalue weighted by Crippen LogP contribution is 2.15. The van der Waals surface area contributed by atoms with Crippen LogP contribution in [0.1, 0.15) is 292 Å². The molecule has 0 saturated heterocycles. The van der Waals surface area contributed by atoms with E-state index in [1.165, 1.54) is 199 Å². The number of nitrogens with one attached hydrogen (secondary N) is 1. The van der Waals surface area contributed by atoms with Crippen LogP contribution in [0.2, 0.25) is 0 Å². The predicted molar refractivity (Wildman–Crippen MR) is 305 cm³/mol. The van der Waals surface area contributed by atoms with Gasteiger partial charge in [-0.3, -0.25) is 19.3 Å². The highest BCUT2D eigenvalue weighted by atomic mass is 16.5. The molecule has 432 valence electrons. The fourth-order valence-corrected chi connectivity index (χ4v) is 8.50. The van der Waals surface area contributed by atoms with Gasteiger partial charge in [0, 0.05) is 39.3 Å². The Morgan fingerprint density at radius 2 is 0.639 bits per heavy atom. The van der Waals surface area contributed by atoms with E-state index in [2.05, 4.69) is 33.0 Å². The summed E-state index contributed by atoms with van der Waals surface area (Å²) in [4.78, 5) is 38.3. The first kappa shape index (κ1) is 74.5. The molecule has 0 saturated carbocycles. The lowest BCUT2D eigenvalue weighted by atomic mass is 10.1. The SMILES string of the molecule is C.CCCCCCCCCCCCCCOC(=O)CCN(CCOCCO)CCC(=O)OCCCCCCCCCCCCCC.CCCCCCCCCCCCCCOC(=O)CCNCCOCCC. The summed E-state index contributed by atoms with van der Waals surface area (Å²) in [6, 6.07) is 0. The number of rotatable bonds is 58. The average molecular weight is 1030 g/mol. The Kier molecular flexibility index (Phi) is 69.5. The van der Waals surface area contributed by atoms with Gasteiger partial charge < -0.3 is 34.1 Å². The van der Waals surface area contributed by atoms with Crippen LogP contribution in [0.5, 0.6) is 0 Å². The zero-order valence-electron chi connectivity index (χ0n) is 47.6. The first-order chi connectivity index (χ1) is 34.9. The Morgan fingerprint density at radius 3 is 0.958 bits per heavy atom. The number of unbranched alkanes of at least 4 members (excludes halogenated alkanes) is 33. The minimum Gasteiger partial charge on any atom is -0.466 e. The molecule has 0 aromatic carbocycles. The van der Waals surface area contributed by atoms with E-state index in [0.717, 1.165) is 51.7 Å². The maximum atomic E-state index is 12.3. The Labute approximate surface area is 447 Å². The fourth-order valence-electron chi connectivity index (χ4n) is 8.50. The van der Waals surface area contributed by atoms with Crippen molar-refractivity contribution in [3.05, 3.63) is 0 Å². The van der Waals surface area contributed by atoms with Crippen molar-refractivity contribution in [3.63, 3.8) is 0 Å². The smallest absolute Gasteiger partial charge is 0.307 e. The standard InChI is InChI=1S/C38H75NO6.C22H45NO3.CH4/c1-3-5-7-9-11-13-15-17-19-21-23-25-33-44-37(41)27-29-39(31-35-43-36-32-40)30-28-38(42)45-34-26-24-22-20-18-16-14-12-10-8-6-4-2;1-3-5-6-7-8-9-10-11-12-13-14-15-20-26-22(24)16-17-23-18-21-25-19-4-2;/h40H,3-36H2,1-2H3;23H,3-21H2,1-2H3;1H4. The largest absolute Gasteiger partial charge is 0.466 e.